The molecule has 1 rings (SSSR count). The van der Waals surface area contributed by atoms with E-state index in [-0.39, 0.29) is 53.5 Å². The number of guanidine groups is 1. The van der Waals surface area contributed by atoms with E-state index in [2.05, 4.69) is 43.2 Å². The molecule has 0 radical (unpaired) electrons. The van der Waals surface area contributed by atoms with Crippen molar-refractivity contribution >= 4 is 39.8 Å². The molecular formula is C18H39IN4O3S. The molecule has 0 saturated carbocycles. The Labute approximate surface area is 183 Å². The lowest BCUT2D eigenvalue weighted by molar-refractivity contribution is -0.0939. The third-order valence-electron chi connectivity index (χ3n) is 4.55. The standard InChI is InChI=1S/C18H38N4O3S.HI/c1-8-19-17(21-14(2)9-10-26(7,23)24)20-13-18(5,6)22-11-15(3)25-16(4)12-22;/h14-16H,8-13H2,1-7H3,(H2,19,20,21);1H. The quantitative estimate of drug-likeness (QED) is 0.290. The maximum absolute atomic E-state index is 11.3. The minimum absolute atomic E-state index is 0. The summed E-state index contributed by atoms with van der Waals surface area (Å²) in [6.07, 6.45) is 2.28. The molecule has 0 aromatic heterocycles. The summed E-state index contributed by atoms with van der Waals surface area (Å²) in [6.45, 7) is 15.9. The fourth-order valence-electron chi connectivity index (χ4n) is 3.06. The van der Waals surface area contributed by atoms with E-state index in [1.807, 2.05) is 13.8 Å². The minimum Gasteiger partial charge on any atom is -0.373 e. The number of ether oxygens (including phenoxy) is 1. The Bertz CT molecular complexity index is 559. The van der Waals surface area contributed by atoms with Crippen molar-refractivity contribution < 1.29 is 13.2 Å². The van der Waals surface area contributed by atoms with Crippen LogP contribution in [0.4, 0.5) is 0 Å². The second-order valence-corrected chi connectivity index (χ2v) is 10.4. The highest BCUT2D eigenvalue weighted by atomic mass is 127. The molecule has 1 aliphatic rings. The van der Waals surface area contributed by atoms with Crippen LogP contribution in [0.25, 0.3) is 0 Å². The molecule has 27 heavy (non-hydrogen) atoms. The zero-order chi connectivity index (χ0) is 20.0. The number of hydrogen-bond donors (Lipinski definition) is 2. The van der Waals surface area contributed by atoms with Gasteiger partial charge in [0.1, 0.15) is 9.84 Å². The highest BCUT2D eigenvalue weighted by molar-refractivity contribution is 14.0. The molecule has 0 spiro atoms. The van der Waals surface area contributed by atoms with Crippen LogP contribution in [0.3, 0.4) is 0 Å². The number of aliphatic imine (C=N–C) groups is 1. The van der Waals surface area contributed by atoms with Gasteiger partial charge in [-0.1, -0.05) is 0 Å². The second-order valence-electron chi connectivity index (χ2n) is 8.13. The van der Waals surface area contributed by atoms with Gasteiger partial charge in [-0.05, 0) is 48.0 Å². The van der Waals surface area contributed by atoms with Gasteiger partial charge in [-0.15, -0.1) is 24.0 Å². The lowest BCUT2D eigenvalue weighted by Gasteiger charge is -2.44. The van der Waals surface area contributed by atoms with Crippen LogP contribution in [0.2, 0.25) is 0 Å². The smallest absolute Gasteiger partial charge is 0.191 e. The molecule has 1 fully saturated rings. The van der Waals surface area contributed by atoms with Gasteiger partial charge in [-0.3, -0.25) is 9.89 Å². The first-order chi connectivity index (χ1) is 11.9. The first-order valence-electron chi connectivity index (χ1n) is 9.56. The van der Waals surface area contributed by atoms with E-state index >= 15 is 0 Å². The average Bonchev–Trinajstić information content (AvgIpc) is 2.49. The lowest BCUT2D eigenvalue weighted by Crippen LogP contribution is -2.56. The van der Waals surface area contributed by atoms with Gasteiger partial charge in [0.15, 0.2) is 5.96 Å². The molecule has 2 N–H and O–H groups in total. The first kappa shape index (κ1) is 26.9. The second kappa shape index (κ2) is 11.8. The molecule has 0 bridgehead atoms. The zero-order valence-electron chi connectivity index (χ0n) is 17.9. The van der Waals surface area contributed by atoms with Gasteiger partial charge in [0.25, 0.3) is 0 Å². The molecule has 0 aromatic rings. The van der Waals surface area contributed by atoms with E-state index in [4.69, 9.17) is 9.73 Å². The summed E-state index contributed by atoms with van der Waals surface area (Å²) in [5.41, 5.74) is -0.0787. The summed E-state index contributed by atoms with van der Waals surface area (Å²) >= 11 is 0. The van der Waals surface area contributed by atoms with Crippen molar-refractivity contribution in [3.8, 4) is 0 Å². The molecule has 7 nitrogen and oxygen atoms in total. The van der Waals surface area contributed by atoms with Gasteiger partial charge >= 0.3 is 0 Å². The molecule has 9 heteroatoms. The molecular weight excluding hydrogens is 479 g/mol. The van der Waals surface area contributed by atoms with Crippen LogP contribution in [-0.4, -0.2) is 81.3 Å². The van der Waals surface area contributed by atoms with Gasteiger partial charge in [0.05, 0.1) is 24.5 Å². The van der Waals surface area contributed by atoms with Crippen molar-refractivity contribution in [2.24, 2.45) is 4.99 Å². The minimum atomic E-state index is -2.95. The number of hydrogen-bond acceptors (Lipinski definition) is 5. The number of sulfone groups is 1. The number of nitrogens with one attached hydrogen (secondary N) is 2. The van der Waals surface area contributed by atoms with Crippen LogP contribution >= 0.6 is 24.0 Å². The Balaban J connectivity index is 0.00000676. The highest BCUT2D eigenvalue weighted by Crippen LogP contribution is 2.21. The van der Waals surface area contributed by atoms with E-state index in [9.17, 15) is 8.42 Å². The average molecular weight is 519 g/mol. The van der Waals surface area contributed by atoms with Crippen molar-refractivity contribution in [1.29, 1.82) is 0 Å². The molecule has 3 atom stereocenters. The zero-order valence-corrected chi connectivity index (χ0v) is 21.1. The predicted octanol–water partition coefficient (Wildman–Crippen LogP) is 1.87. The normalized spacial score (nSPS) is 23.4. The van der Waals surface area contributed by atoms with Gasteiger partial charge in [-0.2, -0.15) is 0 Å². The summed E-state index contributed by atoms with van der Waals surface area (Å²) in [4.78, 5) is 7.19. The van der Waals surface area contributed by atoms with Gasteiger partial charge in [-0.25, -0.2) is 8.42 Å². The summed E-state index contributed by atoms with van der Waals surface area (Å²) in [5.74, 6) is 0.909. The van der Waals surface area contributed by atoms with Gasteiger partial charge in [0, 0.05) is 37.5 Å². The Kier molecular flexibility index (Phi) is 11.7. The molecule has 1 saturated heterocycles. The van der Waals surface area contributed by atoms with Crippen LogP contribution in [0.1, 0.15) is 48.0 Å². The Morgan fingerprint density at radius 1 is 1.30 bits per heavy atom. The number of nitrogens with zero attached hydrogens (tertiary/aromatic N) is 2. The molecule has 0 amide bonds. The molecule has 1 heterocycles. The van der Waals surface area contributed by atoms with Crippen LogP contribution in [0.15, 0.2) is 4.99 Å². The first-order valence-corrected chi connectivity index (χ1v) is 11.6. The number of morpholine rings is 1. The van der Waals surface area contributed by atoms with Crippen molar-refractivity contribution in [3.05, 3.63) is 0 Å². The Morgan fingerprint density at radius 3 is 2.33 bits per heavy atom. The monoisotopic (exact) mass is 518 g/mol. The third-order valence-corrected chi connectivity index (χ3v) is 5.53. The molecule has 3 unspecified atom stereocenters. The van der Waals surface area contributed by atoms with Crippen LogP contribution in [-0.2, 0) is 14.6 Å². The van der Waals surface area contributed by atoms with Crippen molar-refractivity contribution in [1.82, 2.24) is 15.5 Å². The van der Waals surface area contributed by atoms with E-state index in [1.54, 1.807) is 0 Å². The molecule has 1 aliphatic heterocycles. The van der Waals surface area contributed by atoms with E-state index < -0.39 is 9.84 Å². The third kappa shape index (κ3) is 10.8. The number of halogens is 1. The fourth-order valence-corrected chi connectivity index (χ4v) is 3.84. The fraction of sp³-hybridized carbons (Fsp3) is 0.944. The van der Waals surface area contributed by atoms with E-state index in [0.29, 0.717) is 13.0 Å². The number of rotatable bonds is 8. The SMILES string of the molecule is CCNC(=NCC(C)(C)N1CC(C)OC(C)C1)NC(C)CCS(C)(=O)=O.I. The summed E-state index contributed by atoms with van der Waals surface area (Å²) in [5, 5.41) is 6.56. The van der Waals surface area contributed by atoms with E-state index in [1.165, 1.54) is 6.26 Å². The van der Waals surface area contributed by atoms with Crippen LogP contribution < -0.4 is 10.6 Å². The van der Waals surface area contributed by atoms with Crippen LogP contribution in [0.5, 0.6) is 0 Å². The van der Waals surface area contributed by atoms with E-state index in [0.717, 1.165) is 25.6 Å². The van der Waals surface area contributed by atoms with Crippen molar-refractivity contribution in [2.75, 3.05) is 38.2 Å². The van der Waals surface area contributed by atoms with Crippen molar-refractivity contribution in [2.45, 2.75) is 71.8 Å². The highest BCUT2D eigenvalue weighted by Gasteiger charge is 2.33. The van der Waals surface area contributed by atoms with Crippen molar-refractivity contribution in [3.63, 3.8) is 0 Å². The Morgan fingerprint density at radius 2 is 1.85 bits per heavy atom. The molecule has 162 valence electrons. The molecule has 0 aliphatic carbocycles. The van der Waals surface area contributed by atoms with Gasteiger partial charge in [0.2, 0.25) is 0 Å². The molecule has 0 aromatic carbocycles. The topological polar surface area (TPSA) is 83.0 Å². The largest absolute Gasteiger partial charge is 0.373 e. The maximum atomic E-state index is 11.3. The summed E-state index contributed by atoms with van der Waals surface area (Å²) in [6, 6.07) is 0.0362. The predicted molar refractivity (Wildman–Crippen MR) is 124 cm³/mol. The van der Waals surface area contributed by atoms with Gasteiger partial charge < -0.3 is 15.4 Å². The van der Waals surface area contributed by atoms with Crippen LogP contribution in [0, 0.1) is 0 Å². The lowest BCUT2D eigenvalue weighted by atomic mass is 10.0. The summed E-state index contributed by atoms with van der Waals surface area (Å²) in [7, 11) is -2.95. The summed E-state index contributed by atoms with van der Waals surface area (Å²) < 4.78 is 28.5. The maximum Gasteiger partial charge on any atom is 0.191 e. The Hall–Kier alpha value is -0.130.